The Hall–Kier alpha value is -5.06. The van der Waals surface area contributed by atoms with Gasteiger partial charge in [0.05, 0.1) is 35.5 Å². The summed E-state index contributed by atoms with van der Waals surface area (Å²) in [6.45, 7) is 18.2. The molecule has 2 aliphatic heterocycles. The minimum absolute atomic E-state index is 0.0123. The molecule has 2 N–H and O–H groups in total. The van der Waals surface area contributed by atoms with Crippen LogP contribution < -0.4 is 4.74 Å². The van der Waals surface area contributed by atoms with Gasteiger partial charge in [-0.15, -0.1) is 0 Å². The number of fused-ring (bicyclic) bond motifs is 6. The number of H-pyrrole nitrogens is 2. The maximum absolute atomic E-state index is 13.1. The van der Waals surface area contributed by atoms with E-state index >= 15 is 0 Å². The van der Waals surface area contributed by atoms with Gasteiger partial charge in [-0.05, 0) is 121 Å². The van der Waals surface area contributed by atoms with Crippen molar-refractivity contribution < 1.29 is 23.8 Å². The Balaban J connectivity index is 1.14. The van der Waals surface area contributed by atoms with Crippen molar-refractivity contribution in [2.75, 3.05) is 0 Å². The highest BCUT2D eigenvalue weighted by Crippen LogP contribution is 2.43. The second kappa shape index (κ2) is 13.2. The Labute approximate surface area is 305 Å². The minimum Gasteiger partial charge on any atom is -0.488 e. The third-order valence-electron chi connectivity index (χ3n) is 9.97. The normalized spacial score (nSPS) is 17.8. The van der Waals surface area contributed by atoms with E-state index in [2.05, 4.69) is 60.2 Å². The Morgan fingerprint density at radius 2 is 1.77 bits per heavy atom. The fourth-order valence-corrected chi connectivity index (χ4v) is 7.22. The molecule has 0 spiro atoms. The zero-order valence-electron chi connectivity index (χ0n) is 31.7. The second-order valence-electron chi connectivity index (χ2n) is 16.3. The predicted octanol–water partition coefficient (Wildman–Crippen LogP) is 9.66. The molecule has 3 atom stereocenters. The van der Waals surface area contributed by atoms with Gasteiger partial charge in [-0.1, -0.05) is 25.1 Å². The van der Waals surface area contributed by atoms with Crippen LogP contribution in [-0.2, 0) is 22.6 Å². The summed E-state index contributed by atoms with van der Waals surface area (Å²) < 4.78 is 17.8. The third-order valence-corrected chi connectivity index (χ3v) is 9.97. The van der Waals surface area contributed by atoms with Crippen LogP contribution in [0.15, 0.2) is 48.7 Å². The highest BCUT2D eigenvalue weighted by Gasteiger charge is 2.39. The first-order valence-electron chi connectivity index (χ1n) is 18.4. The van der Waals surface area contributed by atoms with Gasteiger partial charge in [0, 0.05) is 23.0 Å². The zero-order valence-corrected chi connectivity index (χ0v) is 31.7. The van der Waals surface area contributed by atoms with Gasteiger partial charge in [0.1, 0.15) is 35.2 Å². The van der Waals surface area contributed by atoms with E-state index < -0.39 is 11.2 Å². The van der Waals surface area contributed by atoms with Crippen LogP contribution in [0.4, 0.5) is 9.59 Å². The number of aromatic nitrogens is 4. The van der Waals surface area contributed by atoms with Crippen LogP contribution in [0.1, 0.15) is 105 Å². The number of benzene rings is 3. The van der Waals surface area contributed by atoms with Crippen molar-refractivity contribution in [1.29, 1.82) is 0 Å². The molecule has 1 saturated heterocycles. The van der Waals surface area contributed by atoms with Crippen LogP contribution >= 0.6 is 0 Å². The van der Waals surface area contributed by atoms with Crippen LogP contribution in [0.5, 0.6) is 5.75 Å². The van der Waals surface area contributed by atoms with Crippen LogP contribution in [0.25, 0.3) is 44.2 Å². The Morgan fingerprint density at radius 1 is 1.00 bits per heavy atom. The SMILES string of the molecule is CC[C@H](C)N(Cc1nc2ccc3cc4c(cc3c2[nH]1)OCc1cc(-c2cnc([C@@H]3CC[C@H](C)N3C(=O)OC(C)(C)C)[nH]2)ccc1-4)C(=O)OC(C)(C)C. The molecule has 1 fully saturated rings. The molecule has 5 aromatic rings. The fraction of sp³-hybridized carbons (Fsp3) is 0.463. The average molecular weight is 707 g/mol. The molecular weight excluding hydrogens is 656 g/mol. The van der Waals surface area contributed by atoms with Gasteiger partial charge in [0.2, 0.25) is 0 Å². The van der Waals surface area contributed by atoms with E-state index in [4.69, 9.17) is 24.2 Å². The van der Waals surface area contributed by atoms with Crippen LogP contribution in [0.3, 0.4) is 0 Å². The van der Waals surface area contributed by atoms with Crippen molar-refractivity contribution in [2.45, 2.75) is 124 Å². The molecule has 0 radical (unpaired) electrons. The van der Waals surface area contributed by atoms with Gasteiger partial charge in [-0.2, -0.15) is 0 Å². The summed E-state index contributed by atoms with van der Waals surface area (Å²) in [7, 11) is 0. The summed E-state index contributed by atoms with van der Waals surface area (Å²) in [5, 5.41) is 2.07. The number of rotatable bonds is 6. The molecule has 3 aromatic carbocycles. The third kappa shape index (κ3) is 6.92. The highest BCUT2D eigenvalue weighted by atomic mass is 16.6. The molecule has 7 rings (SSSR count). The molecule has 4 heterocycles. The van der Waals surface area contributed by atoms with Gasteiger partial charge < -0.3 is 24.2 Å². The van der Waals surface area contributed by atoms with Gasteiger partial charge >= 0.3 is 12.2 Å². The zero-order chi connectivity index (χ0) is 37.1. The van der Waals surface area contributed by atoms with E-state index in [-0.39, 0.29) is 30.3 Å². The lowest BCUT2D eigenvalue weighted by molar-refractivity contribution is 0.0138. The molecular formula is C41H50N6O5. The van der Waals surface area contributed by atoms with Crippen LogP contribution in [0, 0.1) is 0 Å². The smallest absolute Gasteiger partial charge is 0.411 e. The maximum atomic E-state index is 13.1. The molecule has 274 valence electrons. The number of aromatic amines is 2. The van der Waals surface area contributed by atoms with Gasteiger partial charge in [-0.25, -0.2) is 19.6 Å². The summed E-state index contributed by atoms with van der Waals surface area (Å²) in [6, 6.07) is 14.7. The highest BCUT2D eigenvalue weighted by molar-refractivity contribution is 6.07. The molecule has 0 aliphatic carbocycles. The first-order valence-corrected chi connectivity index (χ1v) is 18.4. The van der Waals surface area contributed by atoms with E-state index in [1.54, 1.807) is 4.90 Å². The van der Waals surface area contributed by atoms with Crippen molar-refractivity contribution >= 4 is 34.0 Å². The number of nitrogens with one attached hydrogen (secondary N) is 2. The Morgan fingerprint density at radius 3 is 2.50 bits per heavy atom. The topological polar surface area (TPSA) is 126 Å². The maximum Gasteiger partial charge on any atom is 0.411 e. The van der Waals surface area contributed by atoms with E-state index in [9.17, 15) is 9.59 Å². The van der Waals surface area contributed by atoms with E-state index in [1.807, 2.05) is 65.6 Å². The molecule has 11 heteroatoms. The molecule has 52 heavy (non-hydrogen) atoms. The van der Waals surface area contributed by atoms with Crippen LogP contribution in [-0.4, -0.2) is 65.2 Å². The molecule has 2 aliphatic rings. The molecule has 11 nitrogen and oxygen atoms in total. The van der Waals surface area contributed by atoms with Crippen LogP contribution in [0.2, 0.25) is 0 Å². The fourth-order valence-electron chi connectivity index (χ4n) is 7.22. The molecule has 2 aromatic heterocycles. The minimum atomic E-state index is -0.587. The number of ether oxygens (including phenoxy) is 3. The first-order chi connectivity index (χ1) is 24.6. The molecule has 2 amide bonds. The number of hydrogen-bond acceptors (Lipinski definition) is 7. The van der Waals surface area contributed by atoms with E-state index in [0.29, 0.717) is 19.0 Å². The molecule has 0 unspecified atom stereocenters. The average Bonchev–Trinajstić information content (AvgIpc) is 3.82. The summed E-state index contributed by atoms with van der Waals surface area (Å²) in [5.74, 6) is 2.28. The standard InChI is InChI=1S/C41H50N6O5/c1-10-23(2)46(38(48)51-40(4,5)6)21-35-43-31-15-13-25-18-30-28-14-12-26(17-27(28)22-50-34(30)19-29(25)36(31)45-35)32-20-42-37(44-32)33-16-11-24(3)47(33)39(49)52-41(7,8)9/h12-15,17-20,23-24,33H,10-11,16,21-22H2,1-9H3,(H,42,44)(H,43,45)/t23-,24-,33-/m0/s1. The van der Waals surface area contributed by atoms with Crippen molar-refractivity contribution in [1.82, 2.24) is 29.7 Å². The predicted molar refractivity (Wildman–Crippen MR) is 202 cm³/mol. The number of carbonyl (C=O) groups is 2. The largest absolute Gasteiger partial charge is 0.488 e. The molecule has 0 bridgehead atoms. The lowest BCUT2D eigenvalue weighted by Gasteiger charge is -2.30. The lowest BCUT2D eigenvalue weighted by Crippen LogP contribution is -2.41. The Bertz CT molecular complexity index is 2150. The van der Waals surface area contributed by atoms with Gasteiger partial charge in [0.25, 0.3) is 0 Å². The van der Waals surface area contributed by atoms with E-state index in [0.717, 1.165) is 80.6 Å². The monoisotopic (exact) mass is 706 g/mol. The van der Waals surface area contributed by atoms with Crippen molar-refractivity contribution in [3.63, 3.8) is 0 Å². The van der Waals surface area contributed by atoms with E-state index in [1.165, 1.54) is 0 Å². The van der Waals surface area contributed by atoms with Gasteiger partial charge in [0.15, 0.2) is 0 Å². The van der Waals surface area contributed by atoms with Crippen molar-refractivity contribution in [2.24, 2.45) is 0 Å². The summed E-state index contributed by atoms with van der Waals surface area (Å²) in [6.07, 6.45) is 3.70. The quantitative estimate of drug-likeness (QED) is 0.180. The number of nitrogens with zero attached hydrogens (tertiary/aromatic N) is 4. The summed E-state index contributed by atoms with van der Waals surface area (Å²) >= 11 is 0. The molecule has 0 saturated carbocycles. The van der Waals surface area contributed by atoms with Gasteiger partial charge in [-0.3, -0.25) is 9.80 Å². The number of amides is 2. The number of carbonyl (C=O) groups excluding carboxylic acids is 2. The summed E-state index contributed by atoms with van der Waals surface area (Å²) in [4.78, 5) is 46.4. The second-order valence-corrected chi connectivity index (χ2v) is 16.3. The number of likely N-dealkylation sites (tertiary alicyclic amines) is 1. The van der Waals surface area contributed by atoms with Crippen molar-refractivity contribution in [3.8, 4) is 28.1 Å². The first kappa shape index (κ1) is 35.3. The lowest BCUT2D eigenvalue weighted by atomic mass is 9.92. The summed E-state index contributed by atoms with van der Waals surface area (Å²) in [5.41, 5.74) is 5.72. The number of hydrogen-bond donors (Lipinski definition) is 2. The Kier molecular flexibility index (Phi) is 8.95. The number of imidazole rings is 2. The van der Waals surface area contributed by atoms with Crippen molar-refractivity contribution in [3.05, 3.63) is 65.9 Å².